The Morgan fingerprint density at radius 2 is 1.90 bits per heavy atom. The first kappa shape index (κ1) is 16.3. The minimum Gasteiger partial charge on any atom is -0.319 e. The summed E-state index contributed by atoms with van der Waals surface area (Å²) >= 11 is 0. The average molecular weight is 281 g/mol. The van der Waals surface area contributed by atoms with Crippen LogP contribution in [0.2, 0.25) is 0 Å². The lowest BCUT2D eigenvalue weighted by atomic mass is 9.70. The minimum absolute atomic E-state index is 0.538. The van der Waals surface area contributed by atoms with E-state index in [2.05, 4.69) is 43.2 Å². The highest BCUT2D eigenvalue weighted by molar-refractivity contribution is 4.92. The standard InChI is InChI=1S/C17H35N3/c1-15-7-9-17(10-8-15,13-18-2)14-20-11-5-6-16(20)12-19(3)4/h15-16,18H,5-14H2,1-4H3. The Labute approximate surface area is 126 Å². The van der Waals surface area contributed by atoms with Gasteiger partial charge in [0.05, 0.1) is 0 Å². The summed E-state index contributed by atoms with van der Waals surface area (Å²) in [6.07, 6.45) is 8.47. The van der Waals surface area contributed by atoms with Crippen LogP contribution < -0.4 is 5.32 Å². The third kappa shape index (κ3) is 4.19. The normalized spacial score (nSPS) is 35.9. The maximum Gasteiger partial charge on any atom is 0.0223 e. The van der Waals surface area contributed by atoms with Gasteiger partial charge in [-0.05, 0) is 64.7 Å². The fourth-order valence-corrected chi connectivity index (χ4v) is 4.30. The smallest absolute Gasteiger partial charge is 0.0223 e. The van der Waals surface area contributed by atoms with Gasteiger partial charge in [0.15, 0.2) is 0 Å². The molecule has 2 aliphatic rings. The van der Waals surface area contributed by atoms with Gasteiger partial charge in [-0.15, -0.1) is 0 Å². The summed E-state index contributed by atoms with van der Waals surface area (Å²) in [6.45, 7) is 7.49. The predicted octanol–water partition coefficient (Wildman–Crippen LogP) is 2.43. The number of hydrogen-bond donors (Lipinski definition) is 1. The van der Waals surface area contributed by atoms with Gasteiger partial charge in [-0.25, -0.2) is 0 Å². The van der Waals surface area contributed by atoms with Crippen molar-refractivity contribution in [1.82, 2.24) is 15.1 Å². The fraction of sp³-hybridized carbons (Fsp3) is 1.00. The molecule has 0 spiro atoms. The van der Waals surface area contributed by atoms with E-state index in [-0.39, 0.29) is 0 Å². The van der Waals surface area contributed by atoms with E-state index < -0.39 is 0 Å². The molecule has 1 aliphatic carbocycles. The van der Waals surface area contributed by atoms with Crippen LogP contribution in [0.25, 0.3) is 0 Å². The first-order valence-electron chi connectivity index (χ1n) is 8.58. The van der Waals surface area contributed by atoms with E-state index in [9.17, 15) is 0 Å². The van der Waals surface area contributed by atoms with Gasteiger partial charge in [0.2, 0.25) is 0 Å². The summed E-state index contributed by atoms with van der Waals surface area (Å²) in [5.41, 5.74) is 0.538. The Kier molecular flexibility index (Phi) is 5.88. The first-order chi connectivity index (χ1) is 9.54. The van der Waals surface area contributed by atoms with Crippen LogP contribution in [0.15, 0.2) is 0 Å². The van der Waals surface area contributed by atoms with Crippen molar-refractivity contribution in [1.29, 1.82) is 0 Å². The van der Waals surface area contributed by atoms with Gasteiger partial charge in [-0.2, -0.15) is 0 Å². The van der Waals surface area contributed by atoms with Gasteiger partial charge >= 0.3 is 0 Å². The van der Waals surface area contributed by atoms with E-state index in [4.69, 9.17) is 0 Å². The summed E-state index contributed by atoms with van der Waals surface area (Å²) in [5, 5.41) is 3.49. The molecule has 0 aromatic carbocycles. The lowest BCUT2D eigenvalue weighted by Gasteiger charge is -2.43. The second-order valence-corrected chi connectivity index (χ2v) is 7.74. The van der Waals surface area contributed by atoms with Crippen molar-refractivity contribution in [3.05, 3.63) is 0 Å². The largest absolute Gasteiger partial charge is 0.319 e. The molecule has 20 heavy (non-hydrogen) atoms. The molecular weight excluding hydrogens is 246 g/mol. The monoisotopic (exact) mass is 281 g/mol. The molecule has 2 rings (SSSR count). The number of likely N-dealkylation sites (N-methyl/N-ethyl adjacent to an activating group) is 1. The summed E-state index contributed by atoms with van der Waals surface area (Å²) in [6, 6.07) is 0.790. The van der Waals surface area contributed by atoms with E-state index in [1.165, 1.54) is 64.7 Å². The zero-order valence-electron chi connectivity index (χ0n) is 14.1. The van der Waals surface area contributed by atoms with Crippen molar-refractivity contribution < 1.29 is 0 Å². The van der Waals surface area contributed by atoms with Gasteiger partial charge in [0.25, 0.3) is 0 Å². The molecule has 1 saturated heterocycles. The molecule has 1 atom stereocenters. The van der Waals surface area contributed by atoms with Gasteiger partial charge in [0, 0.05) is 25.7 Å². The molecule has 0 amide bonds. The lowest BCUT2D eigenvalue weighted by molar-refractivity contribution is 0.0752. The van der Waals surface area contributed by atoms with Crippen LogP contribution in [0.5, 0.6) is 0 Å². The van der Waals surface area contributed by atoms with Gasteiger partial charge in [-0.1, -0.05) is 19.8 Å². The zero-order chi connectivity index (χ0) is 14.6. The highest BCUT2D eigenvalue weighted by Crippen LogP contribution is 2.40. The average Bonchev–Trinajstić information content (AvgIpc) is 2.80. The molecular formula is C17H35N3. The highest BCUT2D eigenvalue weighted by atomic mass is 15.2. The Morgan fingerprint density at radius 3 is 2.50 bits per heavy atom. The molecule has 0 bridgehead atoms. The molecule has 0 radical (unpaired) electrons. The molecule has 3 heteroatoms. The van der Waals surface area contributed by atoms with E-state index in [1.807, 2.05) is 0 Å². The van der Waals surface area contributed by atoms with Crippen molar-refractivity contribution in [2.24, 2.45) is 11.3 Å². The third-order valence-corrected chi connectivity index (χ3v) is 5.50. The van der Waals surface area contributed by atoms with Crippen LogP contribution in [0.3, 0.4) is 0 Å². The van der Waals surface area contributed by atoms with Gasteiger partial charge in [0.1, 0.15) is 0 Å². The zero-order valence-corrected chi connectivity index (χ0v) is 14.1. The van der Waals surface area contributed by atoms with E-state index in [1.54, 1.807) is 0 Å². The number of nitrogens with zero attached hydrogens (tertiary/aromatic N) is 2. The molecule has 1 N–H and O–H groups in total. The number of rotatable bonds is 6. The Morgan fingerprint density at radius 1 is 1.20 bits per heavy atom. The van der Waals surface area contributed by atoms with E-state index in [0.717, 1.165) is 12.0 Å². The SMILES string of the molecule is CNCC1(CN2CCCC2CN(C)C)CCC(C)CC1. The number of likely N-dealkylation sites (tertiary alicyclic amines) is 1. The molecule has 0 aromatic heterocycles. The third-order valence-electron chi connectivity index (χ3n) is 5.50. The Bertz CT molecular complexity index is 282. The van der Waals surface area contributed by atoms with Crippen LogP contribution >= 0.6 is 0 Å². The van der Waals surface area contributed by atoms with Crippen LogP contribution in [0.4, 0.5) is 0 Å². The first-order valence-corrected chi connectivity index (χ1v) is 8.58. The van der Waals surface area contributed by atoms with Crippen molar-refractivity contribution in [2.45, 2.75) is 51.5 Å². The van der Waals surface area contributed by atoms with E-state index in [0.29, 0.717) is 5.41 Å². The Hall–Kier alpha value is -0.120. The molecule has 118 valence electrons. The maximum atomic E-state index is 3.49. The van der Waals surface area contributed by atoms with Crippen molar-refractivity contribution in [3.63, 3.8) is 0 Å². The Balaban J connectivity index is 1.96. The molecule has 1 saturated carbocycles. The number of hydrogen-bond acceptors (Lipinski definition) is 3. The predicted molar refractivity (Wildman–Crippen MR) is 87.1 cm³/mol. The maximum absolute atomic E-state index is 3.49. The quantitative estimate of drug-likeness (QED) is 0.807. The van der Waals surface area contributed by atoms with E-state index >= 15 is 0 Å². The molecule has 3 nitrogen and oxygen atoms in total. The van der Waals surface area contributed by atoms with Crippen LogP contribution in [-0.4, -0.2) is 63.2 Å². The van der Waals surface area contributed by atoms with Gasteiger partial charge in [-0.3, -0.25) is 4.90 Å². The molecule has 2 fully saturated rings. The molecule has 0 aromatic rings. The summed E-state index contributed by atoms with van der Waals surface area (Å²) in [4.78, 5) is 5.16. The molecule has 1 aliphatic heterocycles. The lowest BCUT2D eigenvalue weighted by Crippen LogP contribution is -2.48. The second-order valence-electron chi connectivity index (χ2n) is 7.74. The number of nitrogens with one attached hydrogen (secondary N) is 1. The van der Waals surface area contributed by atoms with Crippen molar-refractivity contribution in [3.8, 4) is 0 Å². The summed E-state index contributed by atoms with van der Waals surface area (Å²) < 4.78 is 0. The molecule has 1 heterocycles. The van der Waals surface area contributed by atoms with Crippen LogP contribution in [-0.2, 0) is 0 Å². The van der Waals surface area contributed by atoms with Crippen LogP contribution in [0, 0.1) is 11.3 Å². The van der Waals surface area contributed by atoms with Gasteiger partial charge < -0.3 is 10.2 Å². The van der Waals surface area contributed by atoms with Crippen molar-refractivity contribution >= 4 is 0 Å². The minimum atomic E-state index is 0.538. The molecule has 1 unspecified atom stereocenters. The second kappa shape index (κ2) is 7.24. The summed E-state index contributed by atoms with van der Waals surface area (Å²) in [7, 11) is 6.55. The highest BCUT2D eigenvalue weighted by Gasteiger charge is 2.38. The van der Waals surface area contributed by atoms with Crippen LogP contribution in [0.1, 0.15) is 45.4 Å². The topological polar surface area (TPSA) is 18.5 Å². The summed E-state index contributed by atoms with van der Waals surface area (Å²) in [5.74, 6) is 0.941. The fourth-order valence-electron chi connectivity index (χ4n) is 4.30. The van der Waals surface area contributed by atoms with Crippen molar-refractivity contribution in [2.75, 3.05) is 47.3 Å².